The van der Waals surface area contributed by atoms with E-state index in [4.69, 9.17) is 25.5 Å². The first kappa shape index (κ1) is 19.3. The first-order valence-corrected chi connectivity index (χ1v) is 9.26. The van der Waals surface area contributed by atoms with Gasteiger partial charge in [-0.1, -0.05) is 33.6 Å². The van der Waals surface area contributed by atoms with Gasteiger partial charge < -0.3 is 19.2 Å². The van der Waals surface area contributed by atoms with E-state index in [0.29, 0.717) is 28.0 Å². The highest BCUT2D eigenvalue weighted by molar-refractivity contribution is 9.10. The second-order valence-electron chi connectivity index (χ2n) is 5.79. The molecular weight excluding hydrogens is 434 g/mol. The fourth-order valence-electron chi connectivity index (χ4n) is 2.42. The first-order chi connectivity index (χ1) is 13.0. The summed E-state index contributed by atoms with van der Waals surface area (Å²) in [5, 5.41) is 3.28. The van der Waals surface area contributed by atoms with Gasteiger partial charge in [0.05, 0.1) is 17.8 Å². The molecule has 0 atom stereocenters. The number of benzene rings is 2. The van der Waals surface area contributed by atoms with E-state index in [1.54, 1.807) is 37.4 Å². The summed E-state index contributed by atoms with van der Waals surface area (Å²) in [4.78, 5) is 12.4. The Hall–Kier alpha value is -2.44. The van der Waals surface area contributed by atoms with E-state index >= 15 is 0 Å². The zero-order valence-corrected chi connectivity index (χ0v) is 17.1. The van der Waals surface area contributed by atoms with Crippen LogP contribution < -0.4 is 14.8 Å². The third-order valence-corrected chi connectivity index (χ3v) is 4.54. The predicted molar refractivity (Wildman–Crippen MR) is 108 cm³/mol. The summed E-state index contributed by atoms with van der Waals surface area (Å²) in [6.07, 6.45) is 0. The summed E-state index contributed by atoms with van der Waals surface area (Å²) in [6.45, 7) is 2.09. The Morgan fingerprint density at radius 1 is 1.15 bits per heavy atom. The summed E-state index contributed by atoms with van der Waals surface area (Å²) < 4.78 is 17.4. The highest BCUT2D eigenvalue weighted by Gasteiger charge is 2.14. The highest BCUT2D eigenvalue weighted by atomic mass is 79.9. The van der Waals surface area contributed by atoms with Crippen molar-refractivity contribution in [3.05, 3.63) is 75.1 Å². The van der Waals surface area contributed by atoms with Crippen molar-refractivity contribution in [2.45, 2.75) is 13.5 Å². The average molecular weight is 451 g/mol. The van der Waals surface area contributed by atoms with Crippen LogP contribution >= 0.6 is 27.5 Å². The predicted octanol–water partition coefficient (Wildman–Crippen LogP) is 5.84. The van der Waals surface area contributed by atoms with Crippen molar-refractivity contribution in [3.8, 4) is 11.5 Å². The Balaban J connectivity index is 1.66. The number of carbonyl (C=O) groups excluding carboxylic acids is 1. The van der Waals surface area contributed by atoms with Gasteiger partial charge in [0.15, 0.2) is 5.76 Å². The number of carbonyl (C=O) groups is 1. The first-order valence-electron chi connectivity index (χ1n) is 8.09. The monoisotopic (exact) mass is 449 g/mol. The Labute approximate surface area is 170 Å². The minimum atomic E-state index is -0.369. The molecule has 0 spiro atoms. The third-order valence-electron chi connectivity index (χ3n) is 3.75. The molecule has 0 aliphatic rings. The largest absolute Gasteiger partial charge is 0.495 e. The molecule has 0 unspecified atom stereocenters. The van der Waals surface area contributed by atoms with Gasteiger partial charge in [-0.05, 0) is 55.0 Å². The molecule has 0 saturated heterocycles. The number of nitrogens with one attached hydrogen (secondary N) is 1. The van der Waals surface area contributed by atoms with Crippen LogP contribution in [-0.2, 0) is 6.61 Å². The van der Waals surface area contributed by atoms with Crippen molar-refractivity contribution >= 4 is 39.1 Å². The van der Waals surface area contributed by atoms with Gasteiger partial charge >= 0.3 is 0 Å². The van der Waals surface area contributed by atoms with E-state index in [-0.39, 0.29) is 18.3 Å². The molecule has 7 heteroatoms. The van der Waals surface area contributed by atoms with Crippen molar-refractivity contribution in [2.75, 3.05) is 12.4 Å². The summed E-state index contributed by atoms with van der Waals surface area (Å²) in [5.74, 6) is 1.43. The highest BCUT2D eigenvalue weighted by Crippen LogP contribution is 2.29. The zero-order chi connectivity index (χ0) is 19.4. The molecular formula is C20H17BrClNO4. The van der Waals surface area contributed by atoms with Crippen molar-refractivity contribution in [1.82, 2.24) is 0 Å². The molecule has 3 aromatic rings. The third kappa shape index (κ3) is 4.84. The van der Waals surface area contributed by atoms with Gasteiger partial charge in [0, 0.05) is 4.47 Å². The SMILES string of the molecule is COc1ccc(C)cc1NC(=O)c1ccc(COc2ccc(Br)cc2Cl)o1. The minimum absolute atomic E-state index is 0.155. The van der Waals surface area contributed by atoms with E-state index in [1.165, 1.54) is 0 Å². The summed E-state index contributed by atoms with van der Waals surface area (Å²) in [7, 11) is 1.55. The van der Waals surface area contributed by atoms with Gasteiger partial charge in [0.2, 0.25) is 0 Å². The van der Waals surface area contributed by atoms with Gasteiger partial charge in [-0.15, -0.1) is 0 Å². The lowest BCUT2D eigenvalue weighted by Gasteiger charge is -2.10. The molecule has 0 aliphatic carbocycles. The lowest BCUT2D eigenvalue weighted by Crippen LogP contribution is -2.12. The van der Waals surface area contributed by atoms with E-state index in [9.17, 15) is 4.79 Å². The van der Waals surface area contributed by atoms with Crippen LogP contribution in [0.25, 0.3) is 0 Å². The second-order valence-corrected chi connectivity index (χ2v) is 7.11. The maximum absolute atomic E-state index is 12.4. The Morgan fingerprint density at radius 2 is 1.93 bits per heavy atom. The molecule has 140 valence electrons. The van der Waals surface area contributed by atoms with Crippen molar-refractivity contribution < 1.29 is 18.7 Å². The summed E-state index contributed by atoms with van der Waals surface area (Å²) in [6, 6.07) is 14.2. The van der Waals surface area contributed by atoms with Crippen LogP contribution in [0.3, 0.4) is 0 Å². The number of halogens is 2. The number of methoxy groups -OCH3 is 1. The van der Waals surface area contributed by atoms with Crippen molar-refractivity contribution in [1.29, 1.82) is 0 Å². The van der Waals surface area contributed by atoms with E-state index in [0.717, 1.165) is 10.0 Å². The van der Waals surface area contributed by atoms with Gasteiger partial charge in [0.1, 0.15) is 23.9 Å². The minimum Gasteiger partial charge on any atom is -0.495 e. The zero-order valence-electron chi connectivity index (χ0n) is 14.7. The van der Waals surface area contributed by atoms with Crippen LogP contribution in [-0.4, -0.2) is 13.0 Å². The van der Waals surface area contributed by atoms with Crippen LogP contribution in [0.5, 0.6) is 11.5 Å². The van der Waals surface area contributed by atoms with Crippen molar-refractivity contribution in [2.24, 2.45) is 0 Å². The van der Waals surface area contributed by atoms with Gasteiger partial charge in [-0.2, -0.15) is 0 Å². The molecule has 0 fully saturated rings. The number of hydrogen-bond acceptors (Lipinski definition) is 4. The molecule has 0 saturated carbocycles. The number of anilines is 1. The Morgan fingerprint density at radius 3 is 2.67 bits per heavy atom. The number of rotatable bonds is 6. The summed E-state index contributed by atoms with van der Waals surface area (Å²) in [5.41, 5.74) is 1.59. The molecule has 1 N–H and O–H groups in total. The number of ether oxygens (including phenoxy) is 2. The molecule has 0 radical (unpaired) electrons. The topological polar surface area (TPSA) is 60.7 Å². The number of aryl methyl sites for hydroxylation is 1. The van der Waals surface area contributed by atoms with E-state index in [1.807, 2.05) is 25.1 Å². The number of hydrogen-bond donors (Lipinski definition) is 1. The quantitative estimate of drug-likeness (QED) is 0.512. The molecule has 27 heavy (non-hydrogen) atoms. The van der Waals surface area contributed by atoms with Crippen LogP contribution in [0.1, 0.15) is 21.9 Å². The van der Waals surface area contributed by atoms with E-state index < -0.39 is 0 Å². The summed E-state index contributed by atoms with van der Waals surface area (Å²) >= 11 is 9.46. The molecule has 3 rings (SSSR count). The molecule has 1 heterocycles. The van der Waals surface area contributed by atoms with E-state index in [2.05, 4.69) is 21.2 Å². The molecule has 0 aliphatic heterocycles. The fraction of sp³-hybridized carbons (Fsp3) is 0.150. The lowest BCUT2D eigenvalue weighted by molar-refractivity contribution is 0.0992. The van der Waals surface area contributed by atoms with Crippen molar-refractivity contribution in [3.63, 3.8) is 0 Å². The lowest BCUT2D eigenvalue weighted by atomic mass is 10.2. The Bertz CT molecular complexity index is 970. The standard InChI is InChI=1S/C20H17BrClNO4/c1-12-3-6-18(25-2)16(9-12)23-20(24)19-8-5-14(27-19)11-26-17-7-4-13(21)10-15(17)22/h3-10H,11H2,1-2H3,(H,23,24). The van der Waals surface area contributed by atoms with Crippen LogP contribution in [0.15, 0.2) is 57.4 Å². The fourth-order valence-corrected chi connectivity index (χ4v) is 3.15. The van der Waals surface area contributed by atoms with Crippen LogP contribution in [0, 0.1) is 6.92 Å². The Kier molecular flexibility index (Phi) is 6.08. The average Bonchev–Trinajstić information content (AvgIpc) is 3.10. The van der Waals surface area contributed by atoms with Gasteiger partial charge in [0.25, 0.3) is 5.91 Å². The molecule has 0 bridgehead atoms. The number of amides is 1. The normalized spacial score (nSPS) is 10.5. The second kappa shape index (κ2) is 8.50. The molecule has 1 amide bonds. The molecule has 1 aromatic heterocycles. The molecule has 5 nitrogen and oxygen atoms in total. The maximum atomic E-state index is 12.4. The van der Waals surface area contributed by atoms with Crippen LogP contribution in [0.4, 0.5) is 5.69 Å². The maximum Gasteiger partial charge on any atom is 0.291 e. The van der Waals surface area contributed by atoms with Gasteiger partial charge in [-0.3, -0.25) is 4.79 Å². The number of furan rings is 1. The van der Waals surface area contributed by atoms with Gasteiger partial charge in [-0.25, -0.2) is 0 Å². The smallest absolute Gasteiger partial charge is 0.291 e. The molecule has 2 aromatic carbocycles. The van der Waals surface area contributed by atoms with Crippen LogP contribution in [0.2, 0.25) is 5.02 Å².